The molecule has 0 aliphatic heterocycles. The van der Waals surface area contributed by atoms with Gasteiger partial charge in [0, 0.05) is 17.0 Å². The van der Waals surface area contributed by atoms with Gasteiger partial charge in [-0.2, -0.15) is 0 Å². The van der Waals surface area contributed by atoms with Gasteiger partial charge in [0.05, 0.1) is 20.9 Å². The molecule has 1 amide bonds. The average Bonchev–Trinajstić information content (AvgIpc) is 2.50. The summed E-state index contributed by atoms with van der Waals surface area (Å²) in [6.45, 7) is 1.76. The van der Waals surface area contributed by atoms with Gasteiger partial charge in [0.15, 0.2) is 0 Å². The van der Waals surface area contributed by atoms with Crippen molar-refractivity contribution in [2.75, 3.05) is 5.32 Å². The first-order valence-electron chi connectivity index (χ1n) is 6.44. The van der Waals surface area contributed by atoms with Crippen molar-refractivity contribution in [1.82, 2.24) is 0 Å². The number of nitro benzene ring substituents is 1. The smallest absolute Gasteiger partial charge is 0.271 e. The van der Waals surface area contributed by atoms with E-state index in [1.165, 1.54) is 30.0 Å². The summed E-state index contributed by atoms with van der Waals surface area (Å²) in [5, 5.41) is 13.3. The SMILES string of the molecule is C[C@H](Sc1ccccc1)C(=O)Nc1cc([N+](=O)[O-])ccc1Cl. The number of amides is 1. The van der Waals surface area contributed by atoms with E-state index in [1.54, 1.807) is 6.92 Å². The molecule has 2 aromatic rings. The van der Waals surface area contributed by atoms with Gasteiger partial charge in [-0.3, -0.25) is 14.9 Å². The zero-order valence-corrected chi connectivity index (χ0v) is 13.2. The van der Waals surface area contributed by atoms with Crippen molar-refractivity contribution >= 4 is 40.6 Å². The van der Waals surface area contributed by atoms with Crippen LogP contribution in [0.5, 0.6) is 0 Å². The van der Waals surface area contributed by atoms with Crippen molar-refractivity contribution in [2.45, 2.75) is 17.1 Å². The highest BCUT2D eigenvalue weighted by Gasteiger charge is 2.17. The number of benzene rings is 2. The summed E-state index contributed by atoms with van der Waals surface area (Å²) < 4.78 is 0. The maximum Gasteiger partial charge on any atom is 0.271 e. The van der Waals surface area contributed by atoms with E-state index in [1.807, 2.05) is 30.3 Å². The second-order valence-corrected chi connectivity index (χ2v) is 6.31. The highest BCUT2D eigenvalue weighted by atomic mass is 35.5. The van der Waals surface area contributed by atoms with Crippen molar-refractivity contribution in [3.8, 4) is 0 Å². The molecule has 0 aliphatic rings. The molecule has 2 rings (SSSR count). The van der Waals surface area contributed by atoms with Crippen molar-refractivity contribution < 1.29 is 9.72 Å². The Morgan fingerprint density at radius 1 is 1.27 bits per heavy atom. The topological polar surface area (TPSA) is 72.2 Å². The molecule has 22 heavy (non-hydrogen) atoms. The van der Waals surface area contributed by atoms with Crippen LogP contribution in [0.1, 0.15) is 6.92 Å². The molecule has 5 nitrogen and oxygen atoms in total. The third-order valence-electron chi connectivity index (χ3n) is 2.84. The van der Waals surface area contributed by atoms with E-state index in [-0.39, 0.29) is 27.6 Å². The Balaban J connectivity index is 2.08. The summed E-state index contributed by atoms with van der Waals surface area (Å²) in [7, 11) is 0. The van der Waals surface area contributed by atoms with Crippen LogP contribution in [0.3, 0.4) is 0 Å². The highest BCUT2D eigenvalue weighted by Crippen LogP contribution is 2.28. The Bertz CT molecular complexity index is 694. The predicted molar refractivity (Wildman–Crippen MR) is 88.5 cm³/mol. The zero-order chi connectivity index (χ0) is 16.1. The van der Waals surface area contributed by atoms with Crippen LogP contribution in [0.4, 0.5) is 11.4 Å². The maximum atomic E-state index is 12.2. The Labute approximate surface area is 136 Å². The molecule has 0 bridgehead atoms. The molecule has 114 valence electrons. The first kappa shape index (κ1) is 16.3. The normalized spacial score (nSPS) is 11.7. The molecule has 0 aromatic heterocycles. The summed E-state index contributed by atoms with van der Waals surface area (Å²) in [4.78, 5) is 23.4. The summed E-state index contributed by atoms with van der Waals surface area (Å²) in [6.07, 6.45) is 0. The number of carbonyl (C=O) groups is 1. The first-order chi connectivity index (χ1) is 10.5. The number of hydrogen-bond acceptors (Lipinski definition) is 4. The molecule has 0 fully saturated rings. The van der Waals surface area contributed by atoms with Gasteiger partial charge in [-0.05, 0) is 25.1 Å². The van der Waals surface area contributed by atoms with Gasteiger partial charge < -0.3 is 5.32 Å². The lowest BCUT2D eigenvalue weighted by Gasteiger charge is -2.12. The van der Waals surface area contributed by atoms with Crippen LogP contribution >= 0.6 is 23.4 Å². The van der Waals surface area contributed by atoms with E-state index in [9.17, 15) is 14.9 Å². The summed E-state index contributed by atoms with van der Waals surface area (Å²) in [5.74, 6) is -0.267. The summed E-state index contributed by atoms with van der Waals surface area (Å²) >= 11 is 7.36. The van der Waals surface area contributed by atoms with Gasteiger partial charge in [0.2, 0.25) is 5.91 Å². The molecule has 0 heterocycles. The number of nitro groups is 1. The molecule has 0 aliphatic carbocycles. The number of hydrogen-bond donors (Lipinski definition) is 1. The Morgan fingerprint density at radius 2 is 1.95 bits per heavy atom. The molecule has 0 saturated carbocycles. The van der Waals surface area contributed by atoms with Gasteiger partial charge in [0.1, 0.15) is 0 Å². The third kappa shape index (κ3) is 4.22. The maximum absolute atomic E-state index is 12.2. The van der Waals surface area contributed by atoms with Crippen LogP contribution in [-0.2, 0) is 4.79 Å². The number of anilines is 1. The standard InChI is InChI=1S/C15H13ClN2O3S/c1-10(22-12-5-3-2-4-6-12)15(19)17-14-9-11(18(20)21)7-8-13(14)16/h2-10H,1H3,(H,17,19)/t10-/m0/s1. The average molecular weight is 337 g/mol. The van der Waals surface area contributed by atoms with Gasteiger partial charge in [0.25, 0.3) is 5.69 Å². The van der Waals surface area contributed by atoms with Gasteiger partial charge in [-0.1, -0.05) is 29.8 Å². The fourth-order valence-electron chi connectivity index (χ4n) is 1.71. The minimum absolute atomic E-state index is 0.122. The Kier molecular flexibility index (Phi) is 5.41. The lowest BCUT2D eigenvalue weighted by molar-refractivity contribution is -0.384. The summed E-state index contributed by atoms with van der Waals surface area (Å²) in [5.41, 5.74) is 0.115. The Hall–Kier alpha value is -2.05. The lowest BCUT2D eigenvalue weighted by Crippen LogP contribution is -2.22. The second kappa shape index (κ2) is 7.29. The van der Waals surface area contributed by atoms with E-state index in [4.69, 9.17) is 11.6 Å². The fraction of sp³-hybridized carbons (Fsp3) is 0.133. The van der Waals surface area contributed by atoms with E-state index in [2.05, 4.69) is 5.32 Å². The minimum atomic E-state index is -0.534. The molecular weight excluding hydrogens is 324 g/mol. The van der Waals surface area contributed by atoms with E-state index in [0.717, 1.165) is 4.90 Å². The van der Waals surface area contributed by atoms with Crippen molar-refractivity contribution in [2.24, 2.45) is 0 Å². The minimum Gasteiger partial charge on any atom is -0.324 e. The zero-order valence-electron chi connectivity index (χ0n) is 11.7. The number of nitrogens with zero attached hydrogens (tertiary/aromatic N) is 1. The second-order valence-electron chi connectivity index (χ2n) is 4.48. The largest absolute Gasteiger partial charge is 0.324 e. The van der Waals surface area contributed by atoms with Crippen LogP contribution in [0.15, 0.2) is 53.4 Å². The Morgan fingerprint density at radius 3 is 2.59 bits per heavy atom. The van der Waals surface area contributed by atoms with Crippen LogP contribution in [0.25, 0.3) is 0 Å². The van der Waals surface area contributed by atoms with E-state index >= 15 is 0 Å². The molecule has 1 atom stereocenters. The molecule has 0 radical (unpaired) electrons. The summed E-state index contributed by atoms with van der Waals surface area (Å²) in [6, 6.07) is 13.4. The molecule has 0 unspecified atom stereocenters. The number of thioether (sulfide) groups is 1. The van der Waals surface area contributed by atoms with Gasteiger partial charge in [-0.15, -0.1) is 11.8 Å². The third-order valence-corrected chi connectivity index (χ3v) is 4.29. The van der Waals surface area contributed by atoms with Crippen LogP contribution in [0, 0.1) is 10.1 Å². The number of non-ortho nitro benzene ring substituents is 1. The molecule has 2 aromatic carbocycles. The van der Waals surface area contributed by atoms with Gasteiger partial charge in [-0.25, -0.2) is 0 Å². The molecular formula is C15H13ClN2O3S. The lowest BCUT2D eigenvalue weighted by atomic mass is 10.2. The van der Waals surface area contributed by atoms with E-state index in [0.29, 0.717) is 0 Å². The van der Waals surface area contributed by atoms with Crippen LogP contribution in [-0.4, -0.2) is 16.1 Å². The quantitative estimate of drug-likeness (QED) is 0.500. The van der Waals surface area contributed by atoms with E-state index < -0.39 is 4.92 Å². The molecule has 7 heteroatoms. The van der Waals surface area contributed by atoms with Crippen molar-refractivity contribution in [1.29, 1.82) is 0 Å². The monoisotopic (exact) mass is 336 g/mol. The number of nitrogens with one attached hydrogen (secondary N) is 1. The fourth-order valence-corrected chi connectivity index (χ4v) is 2.77. The predicted octanol–water partition coefficient (Wildman–Crippen LogP) is 4.37. The van der Waals surface area contributed by atoms with Crippen molar-refractivity contribution in [3.63, 3.8) is 0 Å². The number of carbonyl (C=O) groups excluding carboxylic acids is 1. The van der Waals surface area contributed by atoms with Gasteiger partial charge >= 0.3 is 0 Å². The number of halogens is 1. The molecule has 0 spiro atoms. The number of rotatable bonds is 5. The van der Waals surface area contributed by atoms with Crippen LogP contribution in [0.2, 0.25) is 5.02 Å². The molecule has 0 saturated heterocycles. The highest BCUT2D eigenvalue weighted by molar-refractivity contribution is 8.00. The van der Waals surface area contributed by atoms with Crippen molar-refractivity contribution in [3.05, 3.63) is 63.7 Å². The molecule has 1 N–H and O–H groups in total. The van der Waals surface area contributed by atoms with Crippen LogP contribution < -0.4 is 5.32 Å². The first-order valence-corrected chi connectivity index (χ1v) is 7.69.